The van der Waals surface area contributed by atoms with Gasteiger partial charge in [-0.3, -0.25) is 0 Å². The lowest BCUT2D eigenvalue weighted by Crippen LogP contribution is -2.34. The molecule has 4 atom stereocenters. The molecule has 0 heterocycles. The highest BCUT2D eigenvalue weighted by Crippen LogP contribution is 2.34. The largest absolute Gasteiger partial charge is 0.327 e. The SMILES string of the molecule is CCC(C)C(N)C1CCC(C)C1. The Labute approximate surface area is 76.7 Å². The summed E-state index contributed by atoms with van der Waals surface area (Å²) in [4.78, 5) is 0. The molecular formula is C11H23N. The van der Waals surface area contributed by atoms with Gasteiger partial charge in [-0.25, -0.2) is 0 Å². The van der Waals surface area contributed by atoms with Crippen LogP contribution >= 0.6 is 0 Å². The molecule has 72 valence electrons. The van der Waals surface area contributed by atoms with Crippen molar-refractivity contribution in [3.63, 3.8) is 0 Å². The standard InChI is InChI=1S/C11H23N/c1-4-9(3)11(12)10-6-5-8(2)7-10/h8-11H,4-7,12H2,1-3H3. The Morgan fingerprint density at radius 2 is 2.08 bits per heavy atom. The summed E-state index contributed by atoms with van der Waals surface area (Å²) in [6.07, 6.45) is 5.36. The maximum atomic E-state index is 6.20. The van der Waals surface area contributed by atoms with Crippen LogP contribution in [0.2, 0.25) is 0 Å². The lowest BCUT2D eigenvalue weighted by Gasteiger charge is -2.24. The third-order valence-electron chi connectivity index (χ3n) is 3.58. The van der Waals surface area contributed by atoms with Crippen molar-refractivity contribution in [2.24, 2.45) is 23.5 Å². The van der Waals surface area contributed by atoms with Crippen molar-refractivity contribution in [1.82, 2.24) is 0 Å². The van der Waals surface area contributed by atoms with Crippen molar-refractivity contribution in [2.45, 2.75) is 52.5 Å². The average molecular weight is 169 g/mol. The van der Waals surface area contributed by atoms with Crippen LogP contribution in [0.1, 0.15) is 46.5 Å². The van der Waals surface area contributed by atoms with Gasteiger partial charge in [-0.2, -0.15) is 0 Å². The minimum absolute atomic E-state index is 0.458. The van der Waals surface area contributed by atoms with Crippen LogP contribution in [-0.2, 0) is 0 Å². The maximum absolute atomic E-state index is 6.20. The normalized spacial score (nSPS) is 35.0. The van der Waals surface area contributed by atoms with E-state index in [1.165, 1.54) is 25.7 Å². The second-order valence-corrected chi connectivity index (χ2v) is 4.64. The number of hydrogen-bond acceptors (Lipinski definition) is 1. The van der Waals surface area contributed by atoms with Gasteiger partial charge in [-0.15, -0.1) is 0 Å². The molecule has 1 saturated carbocycles. The van der Waals surface area contributed by atoms with Gasteiger partial charge < -0.3 is 5.73 Å². The van der Waals surface area contributed by atoms with Crippen LogP contribution < -0.4 is 5.73 Å². The smallest absolute Gasteiger partial charge is 0.00929 e. The Bertz CT molecular complexity index is 133. The number of hydrogen-bond donors (Lipinski definition) is 1. The first kappa shape index (κ1) is 10.0. The van der Waals surface area contributed by atoms with Crippen LogP contribution in [0, 0.1) is 17.8 Å². The topological polar surface area (TPSA) is 26.0 Å². The van der Waals surface area contributed by atoms with Gasteiger partial charge in [-0.05, 0) is 30.6 Å². The molecule has 0 radical (unpaired) electrons. The fourth-order valence-corrected chi connectivity index (χ4v) is 2.34. The van der Waals surface area contributed by atoms with E-state index in [1.54, 1.807) is 0 Å². The Morgan fingerprint density at radius 3 is 2.50 bits per heavy atom. The van der Waals surface area contributed by atoms with Crippen LogP contribution in [0.5, 0.6) is 0 Å². The van der Waals surface area contributed by atoms with Gasteiger partial charge in [0.1, 0.15) is 0 Å². The van der Waals surface area contributed by atoms with Crippen LogP contribution in [-0.4, -0.2) is 6.04 Å². The molecule has 1 nitrogen and oxygen atoms in total. The lowest BCUT2D eigenvalue weighted by atomic mass is 9.87. The first-order valence-electron chi connectivity index (χ1n) is 5.40. The van der Waals surface area contributed by atoms with Gasteiger partial charge in [0.05, 0.1) is 0 Å². The van der Waals surface area contributed by atoms with Crippen LogP contribution in [0.15, 0.2) is 0 Å². The summed E-state index contributed by atoms with van der Waals surface area (Å²) in [6, 6.07) is 0.458. The van der Waals surface area contributed by atoms with Gasteiger partial charge in [0.2, 0.25) is 0 Å². The minimum Gasteiger partial charge on any atom is -0.327 e. The van der Waals surface area contributed by atoms with Gasteiger partial charge in [0.15, 0.2) is 0 Å². The minimum atomic E-state index is 0.458. The van der Waals surface area contributed by atoms with Crippen LogP contribution in [0.3, 0.4) is 0 Å². The number of nitrogens with two attached hydrogens (primary N) is 1. The molecule has 1 rings (SSSR count). The second kappa shape index (κ2) is 4.27. The van der Waals surface area contributed by atoms with Gasteiger partial charge in [0, 0.05) is 6.04 Å². The van der Waals surface area contributed by atoms with E-state index in [4.69, 9.17) is 5.73 Å². The van der Waals surface area contributed by atoms with E-state index >= 15 is 0 Å². The average Bonchev–Trinajstić information content (AvgIpc) is 2.49. The van der Waals surface area contributed by atoms with Gasteiger partial charge in [-0.1, -0.05) is 33.6 Å². The molecule has 0 spiro atoms. The van der Waals surface area contributed by atoms with E-state index in [9.17, 15) is 0 Å². The van der Waals surface area contributed by atoms with E-state index in [-0.39, 0.29) is 0 Å². The summed E-state index contributed by atoms with van der Waals surface area (Å²) in [5, 5.41) is 0. The molecule has 0 aromatic heterocycles. The van der Waals surface area contributed by atoms with Gasteiger partial charge >= 0.3 is 0 Å². The summed E-state index contributed by atoms with van der Waals surface area (Å²) in [6.45, 7) is 6.87. The zero-order valence-electron chi connectivity index (χ0n) is 8.72. The molecule has 12 heavy (non-hydrogen) atoms. The highest BCUT2D eigenvalue weighted by atomic mass is 14.7. The molecule has 0 bridgehead atoms. The molecule has 0 amide bonds. The predicted molar refractivity (Wildman–Crippen MR) is 53.9 cm³/mol. The molecule has 1 heteroatoms. The molecule has 1 aliphatic rings. The zero-order valence-corrected chi connectivity index (χ0v) is 8.72. The zero-order chi connectivity index (χ0) is 9.14. The molecular weight excluding hydrogens is 146 g/mol. The first-order valence-corrected chi connectivity index (χ1v) is 5.40. The number of rotatable bonds is 3. The van der Waals surface area contributed by atoms with Crippen molar-refractivity contribution in [2.75, 3.05) is 0 Å². The van der Waals surface area contributed by atoms with E-state index in [0.717, 1.165) is 11.8 Å². The summed E-state index contributed by atoms with van der Waals surface area (Å²) in [5.74, 6) is 2.44. The first-order chi connectivity index (χ1) is 5.65. The Morgan fingerprint density at radius 1 is 1.42 bits per heavy atom. The Kier molecular flexibility index (Phi) is 3.57. The third-order valence-corrected chi connectivity index (χ3v) is 3.58. The summed E-state index contributed by atoms with van der Waals surface area (Å²) >= 11 is 0. The third kappa shape index (κ3) is 2.22. The molecule has 2 N–H and O–H groups in total. The monoisotopic (exact) mass is 169 g/mol. The van der Waals surface area contributed by atoms with Crippen molar-refractivity contribution < 1.29 is 0 Å². The molecule has 0 aliphatic heterocycles. The maximum Gasteiger partial charge on any atom is 0.00929 e. The van der Waals surface area contributed by atoms with Crippen molar-refractivity contribution >= 4 is 0 Å². The van der Waals surface area contributed by atoms with E-state index in [2.05, 4.69) is 20.8 Å². The van der Waals surface area contributed by atoms with E-state index < -0.39 is 0 Å². The fraction of sp³-hybridized carbons (Fsp3) is 1.00. The van der Waals surface area contributed by atoms with Crippen LogP contribution in [0.25, 0.3) is 0 Å². The molecule has 0 saturated heterocycles. The fourth-order valence-electron chi connectivity index (χ4n) is 2.34. The highest BCUT2D eigenvalue weighted by Gasteiger charge is 2.28. The van der Waals surface area contributed by atoms with Crippen molar-refractivity contribution in [3.05, 3.63) is 0 Å². The summed E-state index contributed by atoms with van der Waals surface area (Å²) in [5.41, 5.74) is 6.20. The molecule has 4 unspecified atom stereocenters. The summed E-state index contributed by atoms with van der Waals surface area (Å²) in [7, 11) is 0. The molecule has 1 aliphatic carbocycles. The van der Waals surface area contributed by atoms with Gasteiger partial charge in [0.25, 0.3) is 0 Å². The molecule has 0 aromatic carbocycles. The predicted octanol–water partition coefficient (Wildman–Crippen LogP) is 2.80. The quantitative estimate of drug-likeness (QED) is 0.690. The van der Waals surface area contributed by atoms with E-state index in [1.807, 2.05) is 0 Å². The summed E-state index contributed by atoms with van der Waals surface area (Å²) < 4.78 is 0. The lowest BCUT2D eigenvalue weighted by molar-refractivity contribution is 0.317. The Hall–Kier alpha value is -0.0400. The highest BCUT2D eigenvalue weighted by molar-refractivity contribution is 4.83. The van der Waals surface area contributed by atoms with Crippen molar-refractivity contribution in [1.29, 1.82) is 0 Å². The second-order valence-electron chi connectivity index (χ2n) is 4.64. The molecule has 0 aromatic rings. The van der Waals surface area contributed by atoms with Crippen molar-refractivity contribution in [3.8, 4) is 0 Å². The van der Waals surface area contributed by atoms with E-state index in [0.29, 0.717) is 12.0 Å². The Balaban J connectivity index is 2.37. The molecule has 1 fully saturated rings. The van der Waals surface area contributed by atoms with Crippen LogP contribution in [0.4, 0.5) is 0 Å².